The molecular formula is C41H54N2O12S2. The number of ketones is 1. The first-order chi connectivity index (χ1) is 26.8. The van der Waals surface area contributed by atoms with E-state index in [2.05, 4.69) is 10.6 Å². The zero-order chi connectivity index (χ0) is 42.8. The van der Waals surface area contributed by atoms with E-state index in [9.17, 15) is 29.1 Å². The number of aliphatic hydroxyl groups excluding tert-OH is 1. The minimum Gasteiger partial charge on any atom is -0.508 e. The molecule has 0 bridgehead atoms. The number of benzene rings is 2. The molecule has 0 spiro atoms. The van der Waals surface area contributed by atoms with Crippen LogP contribution in [0.3, 0.4) is 0 Å². The number of rotatable bonds is 19. The molecule has 2 amide bonds. The summed E-state index contributed by atoms with van der Waals surface area (Å²) in [6.07, 6.45) is 9.51. The van der Waals surface area contributed by atoms with Crippen molar-refractivity contribution in [1.82, 2.24) is 10.6 Å². The number of hydrogen-bond acceptors (Lipinski definition) is 14. The minimum absolute atomic E-state index is 0.113. The van der Waals surface area contributed by atoms with Gasteiger partial charge in [-0.1, -0.05) is 24.3 Å². The Morgan fingerprint density at radius 1 is 0.667 bits per heavy atom. The molecular weight excluding hydrogens is 777 g/mol. The van der Waals surface area contributed by atoms with Crippen LogP contribution in [-0.4, -0.2) is 96.5 Å². The van der Waals surface area contributed by atoms with E-state index in [0.29, 0.717) is 35.5 Å². The average Bonchev–Trinajstić information content (AvgIpc) is 3.12. The summed E-state index contributed by atoms with van der Waals surface area (Å²) in [5, 5.41) is 15.6. The molecule has 0 aliphatic carbocycles. The van der Waals surface area contributed by atoms with Crippen molar-refractivity contribution in [1.29, 1.82) is 0 Å². The van der Waals surface area contributed by atoms with Crippen LogP contribution in [0.2, 0.25) is 0 Å². The Morgan fingerprint density at radius 3 is 1.44 bits per heavy atom. The van der Waals surface area contributed by atoms with Crippen LogP contribution in [-0.2, 0) is 23.9 Å². The molecule has 14 nitrogen and oxygen atoms in total. The highest BCUT2D eigenvalue weighted by molar-refractivity contribution is 7.98. The summed E-state index contributed by atoms with van der Waals surface area (Å²) in [5.74, 6) is -0.405. The Hall–Kier alpha value is -5.09. The lowest BCUT2D eigenvalue weighted by Crippen LogP contribution is -2.45. The fourth-order valence-electron chi connectivity index (χ4n) is 4.57. The molecule has 2 atom stereocenters. The number of carbonyl (C=O) groups is 5. The van der Waals surface area contributed by atoms with Crippen LogP contribution in [0.25, 0.3) is 12.2 Å². The lowest BCUT2D eigenvalue weighted by molar-refractivity contribution is -0.137. The van der Waals surface area contributed by atoms with E-state index in [0.717, 1.165) is 6.08 Å². The first kappa shape index (κ1) is 48.1. The molecule has 3 N–H and O–H groups in total. The molecule has 0 unspecified atom stereocenters. The number of nitrogens with one attached hydrogen (secondary N) is 2. The third-order valence-corrected chi connectivity index (χ3v) is 8.43. The SMILES string of the molecule is COc1cc(/C=C/C(=O)C=C(O)/C=C/c2ccc(OC(=O)[C@H](CCSC)NC(=O)OC(C)(C)C)c(OC)c2)ccc1OC(=O)[C@H](CCSC)NC(=O)OC(C)(C)C. The number of ether oxygens (including phenoxy) is 6. The first-order valence-corrected chi connectivity index (χ1v) is 20.6. The first-order valence-electron chi connectivity index (χ1n) is 17.8. The van der Waals surface area contributed by atoms with Gasteiger partial charge in [-0.3, -0.25) is 4.79 Å². The van der Waals surface area contributed by atoms with Crippen molar-refractivity contribution in [2.24, 2.45) is 0 Å². The van der Waals surface area contributed by atoms with Gasteiger partial charge in [0.15, 0.2) is 28.8 Å². The van der Waals surface area contributed by atoms with Crippen molar-refractivity contribution >= 4 is 65.6 Å². The molecule has 0 radical (unpaired) electrons. The van der Waals surface area contributed by atoms with Gasteiger partial charge in [-0.15, -0.1) is 0 Å². The van der Waals surface area contributed by atoms with Gasteiger partial charge < -0.3 is 44.2 Å². The maximum atomic E-state index is 13.0. The van der Waals surface area contributed by atoms with Gasteiger partial charge in [-0.2, -0.15) is 23.5 Å². The molecule has 0 aliphatic heterocycles. The van der Waals surface area contributed by atoms with E-state index in [1.165, 1.54) is 74.2 Å². The lowest BCUT2D eigenvalue weighted by Gasteiger charge is -2.23. The number of carbonyl (C=O) groups excluding carboxylic acids is 5. The van der Waals surface area contributed by atoms with Crippen LogP contribution < -0.4 is 29.6 Å². The Bertz CT molecular complexity index is 1790. The zero-order valence-corrected chi connectivity index (χ0v) is 35.7. The van der Waals surface area contributed by atoms with E-state index < -0.39 is 53.2 Å². The number of amides is 2. The normalized spacial score (nSPS) is 13.1. The second-order valence-electron chi connectivity index (χ2n) is 14.3. The Morgan fingerprint density at radius 2 is 1.07 bits per heavy atom. The van der Waals surface area contributed by atoms with E-state index in [1.807, 2.05) is 12.5 Å². The van der Waals surface area contributed by atoms with Crippen LogP contribution in [0.1, 0.15) is 65.5 Å². The highest BCUT2D eigenvalue weighted by Crippen LogP contribution is 2.30. The van der Waals surface area contributed by atoms with Gasteiger partial charge in [0.25, 0.3) is 0 Å². The maximum absolute atomic E-state index is 13.0. The fraction of sp³-hybridized carbons (Fsp3) is 0.439. The molecule has 0 aliphatic rings. The topological polar surface area (TPSA) is 185 Å². The molecule has 312 valence electrons. The third-order valence-electron chi connectivity index (χ3n) is 7.15. The Balaban J connectivity index is 2.11. The molecule has 0 heterocycles. The van der Waals surface area contributed by atoms with Crippen molar-refractivity contribution in [3.05, 3.63) is 71.5 Å². The van der Waals surface area contributed by atoms with Crippen LogP contribution in [0.5, 0.6) is 23.0 Å². The summed E-state index contributed by atoms with van der Waals surface area (Å²) in [6.45, 7) is 10.3. The van der Waals surface area contributed by atoms with Crippen molar-refractivity contribution in [3.63, 3.8) is 0 Å². The Kier molecular flexibility index (Phi) is 19.6. The molecule has 2 aromatic carbocycles. The van der Waals surface area contributed by atoms with Crippen molar-refractivity contribution < 1.29 is 57.5 Å². The highest BCUT2D eigenvalue weighted by atomic mass is 32.2. The summed E-state index contributed by atoms with van der Waals surface area (Å²) < 4.78 is 32.6. The molecule has 57 heavy (non-hydrogen) atoms. The lowest BCUT2D eigenvalue weighted by atomic mass is 10.1. The number of allylic oxidation sites excluding steroid dienone is 3. The van der Waals surface area contributed by atoms with Crippen LogP contribution >= 0.6 is 23.5 Å². The van der Waals surface area contributed by atoms with Crippen LogP contribution in [0.15, 0.2) is 60.4 Å². The molecule has 0 saturated heterocycles. The number of methoxy groups -OCH3 is 2. The molecule has 0 fully saturated rings. The summed E-state index contributed by atoms with van der Waals surface area (Å²) >= 11 is 3.02. The molecule has 16 heteroatoms. The van der Waals surface area contributed by atoms with Crippen molar-refractivity contribution in [2.75, 3.05) is 38.2 Å². The maximum Gasteiger partial charge on any atom is 0.408 e. The summed E-state index contributed by atoms with van der Waals surface area (Å²) in [7, 11) is 2.80. The largest absolute Gasteiger partial charge is 0.508 e. The monoisotopic (exact) mass is 830 g/mol. The second-order valence-corrected chi connectivity index (χ2v) is 16.2. The minimum atomic E-state index is -0.960. The van der Waals surface area contributed by atoms with E-state index in [1.54, 1.807) is 65.8 Å². The summed E-state index contributed by atoms with van der Waals surface area (Å²) in [4.78, 5) is 63.4. The van der Waals surface area contributed by atoms with Gasteiger partial charge in [0.2, 0.25) is 0 Å². The van der Waals surface area contributed by atoms with Gasteiger partial charge in [0.1, 0.15) is 29.0 Å². The van der Waals surface area contributed by atoms with Gasteiger partial charge in [-0.25, -0.2) is 19.2 Å². The van der Waals surface area contributed by atoms with E-state index in [4.69, 9.17) is 28.4 Å². The van der Waals surface area contributed by atoms with Crippen LogP contribution in [0.4, 0.5) is 9.59 Å². The number of esters is 2. The van der Waals surface area contributed by atoms with Crippen molar-refractivity contribution in [3.8, 4) is 23.0 Å². The molecule has 2 rings (SSSR count). The van der Waals surface area contributed by atoms with Crippen LogP contribution in [0, 0.1) is 0 Å². The third kappa shape index (κ3) is 18.6. The zero-order valence-electron chi connectivity index (χ0n) is 34.1. The predicted molar refractivity (Wildman–Crippen MR) is 223 cm³/mol. The average molecular weight is 831 g/mol. The summed E-state index contributed by atoms with van der Waals surface area (Å²) in [5.41, 5.74) is -0.390. The Labute approximate surface area is 343 Å². The fourth-order valence-corrected chi connectivity index (χ4v) is 5.52. The van der Waals surface area contributed by atoms with Gasteiger partial charge in [0.05, 0.1) is 14.2 Å². The van der Waals surface area contributed by atoms with E-state index >= 15 is 0 Å². The number of alkyl carbamates (subject to hydrolysis) is 2. The van der Waals surface area contributed by atoms with Gasteiger partial charge in [0, 0.05) is 6.08 Å². The van der Waals surface area contributed by atoms with Gasteiger partial charge in [-0.05, 0) is 126 Å². The molecule has 0 aromatic heterocycles. The van der Waals surface area contributed by atoms with Gasteiger partial charge >= 0.3 is 24.1 Å². The van der Waals surface area contributed by atoms with E-state index in [-0.39, 0.29) is 28.8 Å². The predicted octanol–water partition coefficient (Wildman–Crippen LogP) is 7.55. The summed E-state index contributed by atoms with van der Waals surface area (Å²) in [6, 6.07) is 7.44. The number of thioether (sulfide) groups is 2. The highest BCUT2D eigenvalue weighted by Gasteiger charge is 2.28. The standard InChI is InChI=1S/C41H54N2O12S2/c1-40(2,3)54-38(48)42-30(19-21-56-9)36(46)52-32-17-13-26(23-34(32)50-7)11-15-28(44)25-29(45)16-12-27-14-18-33(35(24-27)51-8)53-37(47)31(20-22-57-10)43-39(49)55-41(4,5)6/h11-18,23-25,30-31,44H,19-22H2,1-10H3,(H,42,48)(H,43,49)/b15-11+,16-12+,28-25?/t30-,31-/m0/s1. The molecule has 2 aromatic rings. The number of aliphatic hydroxyl groups is 1. The smallest absolute Gasteiger partial charge is 0.408 e. The van der Waals surface area contributed by atoms with Crippen molar-refractivity contribution in [2.45, 2.75) is 77.7 Å². The molecule has 0 saturated carbocycles. The quantitative estimate of drug-likeness (QED) is 0.0415. The number of hydrogen-bond donors (Lipinski definition) is 3. The second kappa shape index (κ2) is 23.2.